The Labute approximate surface area is 107 Å². The molecule has 4 N–H and O–H groups in total. The first-order valence-corrected chi connectivity index (χ1v) is 5.56. The standard InChI is InChI=1S/C12H10N6O/c13-8-1-2-9-7(5-8)6-10(16-9)11(19)17-12-14-3-4-15-18-12/h1-6,16H,13H2,(H,14,17,18,19). The zero-order valence-corrected chi connectivity index (χ0v) is 9.79. The number of rotatable bonds is 2. The number of nitrogens with two attached hydrogens (primary N) is 1. The van der Waals surface area contributed by atoms with Crippen LogP contribution in [0.15, 0.2) is 36.7 Å². The average molecular weight is 254 g/mol. The van der Waals surface area contributed by atoms with Crippen molar-refractivity contribution in [3.63, 3.8) is 0 Å². The number of benzene rings is 1. The first-order chi connectivity index (χ1) is 9.22. The largest absolute Gasteiger partial charge is 0.399 e. The minimum Gasteiger partial charge on any atom is -0.399 e. The molecule has 0 atom stereocenters. The molecule has 1 amide bonds. The Kier molecular flexibility index (Phi) is 2.57. The normalized spacial score (nSPS) is 10.5. The molecule has 0 fully saturated rings. The number of aromatic nitrogens is 4. The average Bonchev–Trinajstić information content (AvgIpc) is 2.83. The van der Waals surface area contributed by atoms with Crippen LogP contribution in [0.5, 0.6) is 0 Å². The molecule has 7 nitrogen and oxygen atoms in total. The minimum absolute atomic E-state index is 0.158. The highest BCUT2D eigenvalue weighted by molar-refractivity contribution is 6.05. The maximum Gasteiger partial charge on any atom is 0.274 e. The van der Waals surface area contributed by atoms with Gasteiger partial charge in [0.2, 0.25) is 5.95 Å². The quantitative estimate of drug-likeness (QED) is 0.595. The van der Waals surface area contributed by atoms with Crippen LogP contribution in [0.1, 0.15) is 10.5 Å². The SMILES string of the molecule is Nc1ccc2[nH]c(C(=O)Nc3nccnn3)cc2c1. The van der Waals surface area contributed by atoms with Crippen molar-refractivity contribution in [2.75, 3.05) is 11.1 Å². The Morgan fingerprint density at radius 1 is 1.26 bits per heavy atom. The summed E-state index contributed by atoms with van der Waals surface area (Å²) in [6.45, 7) is 0. The van der Waals surface area contributed by atoms with Crippen molar-refractivity contribution in [3.8, 4) is 0 Å². The Morgan fingerprint density at radius 3 is 2.95 bits per heavy atom. The van der Waals surface area contributed by atoms with Crippen LogP contribution in [0.2, 0.25) is 0 Å². The Hall–Kier alpha value is -2.96. The molecule has 19 heavy (non-hydrogen) atoms. The molecule has 7 heteroatoms. The van der Waals surface area contributed by atoms with E-state index in [2.05, 4.69) is 25.5 Å². The zero-order valence-electron chi connectivity index (χ0n) is 9.79. The smallest absolute Gasteiger partial charge is 0.274 e. The van der Waals surface area contributed by atoms with E-state index in [0.29, 0.717) is 11.4 Å². The van der Waals surface area contributed by atoms with Gasteiger partial charge in [0, 0.05) is 16.6 Å². The van der Waals surface area contributed by atoms with E-state index in [1.165, 1.54) is 12.4 Å². The first-order valence-electron chi connectivity index (χ1n) is 5.56. The van der Waals surface area contributed by atoms with Gasteiger partial charge in [-0.05, 0) is 24.3 Å². The fourth-order valence-corrected chi connectivity index (χ4v) is 1.75. The molecule has 0 spiro atoms. The van der Waals surface area contributed by atoms with E-state index in [0.717, 1.165) is 10.9 Å². The van der Waals surface area contributed by atoms with Crippen molar-refractivity contribution < 1.29 is 4.79 Å². The third-order valence-electron chi connectivity index (χ3n) is 2.60. The van der Waals surface area contributed by atoms with Gasteiger partial charge in [0.15, 0.2) is 0 Å². The lowest BCUT2D eigenvalue weighted by Crippen LogP contribution is -2.14. The third kappa shape index (κ3) is 2.21. The summed E-state index contributed by atoms with van der Waals surface area (Å²) < 4.78 is 0. The maximum atomic E-state index is 12.0. The summed E-state index contributed by atoms with van der Waals surface area (Å²) in [5.41, 5.74) is 7.59. The molecule has 3 aromatic rings. The number of carbonyl (C=O) groups is 1. The van der Waals surface area contributed by atoms with Crippen molar-refractivity contribution in [3.05, 3.63) is 42.4 Å². The van der Waals surface area contributed by atoms with Gasteiger partial charge in [0.25, 0.3) is 5.91 Å². The molecule has 0 saturated heterocycles. The minimum atomic E-state index is -0.331. The highest BCUT2D eigenvalue weighted by Gasteiger charge is 2.11. The van der Waals surface area contributed by atoms with E-state index in [-0.39, 0.29) is 11.9 Å². The fourth-order valence-electron chi connectivity index (χ4n) is 1.75. The summed E-state index contributed by atoms with van der Waals surface area (Å²) in [6, 6.07) is 7.10. The summed E-state index contributed by atoms with van der Waals surface area (Å²) in [7, 11) is 0. The zero-order chi connectivity index (χ0) is 13.2. The Balaban J connectivity index is 1.89. The molecule has 1 aromatic carbocycles. The molecule has 2 aromatic heterocycles. The number of nitrogens with zero attached hydrogens (tertiary/aromatic N) is 3. The lowest BCUT2D eigenvalue weighted by molar-refractivity contribution is 0.102. The number of carbonyl (C=O) groups excluding carboxylic acids is 1. The van der Waals surface area contributed by atoms with Crippen LogP contribution in [0, 0.1) is 0 Å². The van der Waals surface area contributed by atoms with Gasteiger partial charge in [-0.1, -0.05) is 0 Å². The van der Waals surface area contributed by atoms with Crippen molar-refractivity contribution in [2.45, 2.75) is 0 Å². The van der Waals surface area contributed by atoms with E-state index in [1.807, 2.05) is 6.07 Å². The monoisotopic (exact) mass is 254 g/mol. The number of anilines is 2. The molecule has 0 bridgehead atoms. The molecule has 2 heterocycles. The third-order valence-corrected chi connectivity index (χ3v) is 2.60. The predicted molar refractivity (Wildman–Crippen MR) is 70.5 cm³/mol. The molecule has 0 aliphatic rings. The molecular weight excluding hydrogens is 244 g/mol. The molecule has 3 rings (SSSR count). The van der Waals surface area contributed by atoms with E-state index < -0.39 is 0 Å². The van der Waals surface area contributed by atoms with Gasteiger partial charge in [0.1, 0.15) is 5.69 Å². The summed E-state index contributed by atoms with van der Waals surface area (Å²) in [6.07, 6.45) is 2.88. The van der Waals surface area contributed by atoms with Gasteiger partial charge >= 0.3 is 0 Å². The highest BCUT2D eigenvalue weighted by Crippen LogP contribution is 2.18. The van der Waals surface area contributed by atoms with Crippen LogP contribution in [-0.2, 0) is 0 Å². The molecule has 94 valence electrons. The second-order valence-corrected chi connectivity index (χ2v) is 3.95. The van der Waals surface area contributed by atoms with Crippen molar-refractivity contribution in [2.24, 2.45) is 0 Å². The topological polar surface area (TPSA) is 110 Å². The molecule has 0 radical (unpaired) electrons. The lowest BCUT2D eigenvalue weighted by Gasteiger charge is -1.99. The van der Waals surface area contributed by atoms with E-state index >= 15 is 0 Å². The number of hydrogen-bond donors (Lipinski definition) is 3. The number of nitrogens with one attached hydrogen (secondary N) is 2. The number of aromatic amines is 1. The van der Waals surface area contributed by atoms with Crippen LogP contribution in [-0.4, -0.2) is 26.1 Å². The van der Waals surface area contributed by atoms with Crippen LogP contribution >= 0.6 is 0 Å². The molecular formula is C12H10N6O. The predicted octanol–water partition coefficient (Wildman–Crippen LogP) is 1.19. The number of nitrogen functional groups attached to an aromatic ring is 1. The molecule has 0 aliphatic carbocycles. The molecule has 0 unspecified atom stereocenters. The summed E-state index contributed by atoms with van der Waals surface area (Å²) in [5.74, 6) is -0.173. The van der Waals surface area contributed by atoms with Crippen molar-refractivity contribution in [1.29, 1.82) is 0 Å². The van der Waals surface area contributed by atoms with Crippen molar-refractivity contribution in [1.82, 2.24) is 20.2 Å². The fraction of sp³-hybridized carbons (Fsp3) is 0. The summed E-state index contributed by atoms with van der Waals surface area (Å²) in [5, 5.41) is 10.7. The highest BCUT2D eigenvalue weighted by atomic mass is 16.2. The number of amides is 1. The van der Waals surface area contributed by atoms with E-state index in [9.17, 15) is 4.79 Å². The van der Waals surface area contributed by atoms with Gasteiger partial charge in [-0.2, -0.15) is 5.10 Å². The maximum absolute atomic E-state index is 12.0. The van der Waals surface area contributed by atoms with Crippen LogP contribution < -0.4 is 11.1 Å². The molecule has 0 aliphatic heterocycles. The van der Waals surface area contributed by atoms with Gasteiger partial charge in [-0.3, -0.25) is 10.1 Å². The second-order valence-electron chi connectivity index (χ2n) is 3.95. The second kappa shape index (κ2) is 4.37. The number of hydrogen-bond acceptors (Lipinski definition) is 5. The van der Waals surface area contributed by atoms with Crippen LogP contribution in [0.3, 0.4) is 0 Å². The Morgan fingerprint density at radius 2 is 2.16 bits per heavy atom. The van der Waals surface area contributed by atoms with Gasteiger partial charge in [-0.25, -0.2) is 4.98 Å². The van der Waals surface area contributed by atoms with Gasteiger partial charge < -0.3 is 10.7 Å². The summed E-state index contributed by atoms with van der Waals surface area (Å²) in [4.78, 5) is 18.9. The Bertz CT molecular complexity index is 736. The number of fused-ring (bicyclic) bond motifs is 1. The van der Waals surface area contributed by atoms with E-state index in [4.69, 9.17) is 5.73 Å². The lowest BCUT2D eigenvalue weighted by atomic mass is 10.2. The van der Waals surface area contributed by atoms with Gasteiger partial charge in [0.05, 0.1) is 12.4 Å². The van der Waals surface area contributed by atoms with Gasteiger partial charge in [-0.15, -0.1) is 5.10 Å². The summed E-state index contributed by atoms with van der Waals surface area (Å²) >= 11 is 0. The van der Waals surface area contributed by atoms with E-state index in [1.54, 1.807) is 18.2 Å². The van der Waals surface area contributed by atoms with Crippen LogP contribution in [0.25, 0.3) is 10.9 Å². The first kappa shape index (κ1) is 11.1. The molecule has 0 saturated carbocycles. The van der Waals surface area contributed by atoms with Crippen LogP contribution in [0.4, 0.5) is 11.6 Å². The number of H-pyrrole nitrogens is 1. The van der Waals surface area contributed by atoms with Crippen molar-refractivity contribution >= 4 is 28.4 Å².